The number of benzene rings is 1. The van der Waals surface area contributed by atoms with E-state index in [0.29, 0.717) is 12.6 Å². The van der Waals surface area contributed by atoms with Crippen molar-refractivity contribution in [2.75, 3.05) is 33.2 Å². The van der Waals surface area contributed by atoms with Gasteiger partial charge in [0.25, 0.3) is 0 Å². The van der Waals surface area contributed by atoms with Gasteiger partial charge >= 0.3 is 0 Å². The Morgan fingerprint density at radius 1 is 1.25 bits per heavy atom. The van der Waals surface area contributed by atoms with E-state index in [-0.39, 0.29) is 0 Å². The molecule has 1 fully saturated rings. The number of hydrogen-bond donors (Lipinski definition) is 1. The Labute approximate surface area is 122 Å². The van der Waals surface area contributed by atoms with Gasteiger partial charge in [0, 0.05) is 31.2 Å². The Kier molecular flexibility index (Phi) is 5.60. The molecule has 0 spiro atoms. The van der Waals surface area contributed by atoms with Crippen molar-refractivity contribution in [2.24, 2.45) is 5.73 Å². The standard InChI is InChI=1S/C17H25N3/c1-15-13-19(2)11-4-12-20(15)14-17-8-6-16(7-9-17)5-3-10-18/h6-9,15H,4,10-14,18H2,1-2H3. The molecule has 1 aliphatic heterocycles. The summed E-state index contributed by atoms with van der Waals surface area (Å²) in [6, 6.07) is 9.15. The number of hydrogen-bond acceptors (Lipinski definition) is 3. The quantitative estimate of drug-likeness (QED) is 0.828. The fraction of sp³-hybridized carbons (Fsp3) is 0.529. The van der Waals surface area contributed by atoms with Crippen molar-refractivity contribution in [3.8, 4) is 11.8 Å². The Balaban J connectivity index is 1.98. The smallest absolute Gasteiger partial charge is 0.0555 e. The van der Waals surface area contributed by atoms with Gasteiger partial charge in [-0.3, -0.25) is 4.90 Å². The van der Waals surface area contributed by atoms with E-state index in [9.17, 15) is 0 Å². The van der Waals surface area contributed by atoms with E-state index in [4.69, 9.17) is 5.73 Å². The van der Waals surface area contributed by atoms with E-state index in [1.54, 1.807) is 0 Å². The van der Waals surface area contributed by atoms with Crippen molar-refractivity contribution in [3.05, 3.63) is 35.4 Å². The zero-order valence-corrected chi connectivity index (χ0v) is 12.6. The average Bonchev–Trinajstić information content (AvgIpc) is 2.59. The van der Waals surface area contributed by atoms with E-state index in [0.717, 1.165) is 18.7 Å². The Hall–Kier alpha value is -1.34. The molecule has 3 nitrogen and oxygen atoms in total. The van der Waals surface area contributed by atoms with Gasteiger partial charge in [0.1, 0.15) is 0 Å². The summed E-state index contributed by atoms with van der Waals surface area (Å²) >= 11 is 0. The van der Waals surface area contributed by atoms with Crippen LogP contribution in [0.5, 0.6) is 0 Å². The van der Waals surface area contributed by atoms with Crippen LogP contribution in [-0.4, -0.2) is 49.1 Å². The van der Waals surface area contributed by atoms with Crippen molar-refractivity contribution in [2.45, 2.75) is 25.9 Å². The lowest BCUT2D eigenvalue weighted by Crippen LogP contribution is -2.37. The monoisotopic (exact) mass is 271 g/mol. The molecule has 1 unspecified atom stereocenters. The van der Waals surface area contributed by atoms with Crippen LogP contribution >= 0.6 is 0 Å². The minimum atomic E-state index is 0.417. The van der Waals surface area contributed by atoms with Gasteiger partial charge in [0.05, 0.1) is 6.54 Å². The summed E-state index contributed by atoms with van der Waals surface area (Å²) in [5, 5.41) is 0. The third kappa shape index (κ3) is 4.35. The fourth-order valence-electron chi connectivity index (χ4n) is 2.74. The second-order valence-corrected chi connectivity index (χ2v) is 5.64. The minimum absolute atomic E-state index is 0.417. The predicted molar refractivity (Wildman–Crippen MR) is 84.4 cm³/mol. The molecule has 3 heteroatoms. The van der Waals surface area contributed by atoms with Crippen LogP contribution in [0.15, 0.2) is 24.3 Å². The first-order valence-corrected chi connectivity index (χ1v) is 7.39. The summed E-state index contributed by atoms with van der Waals surface area (Å²) < 4.78 is 0. The maximum atomic E-state index is 5.39. The van der Waals surface area contributed by atoms with Crippen LogP contribution in [0.1, 0.15) is 24.5 Å². The Morgan fingerprint density at radius 2 is 2.00 bits per heavy atom. The third-order valence-electron chi connectivity index (χ3n) is 3.86. The molecule has 2 N–H and O–H groups in total. The van der Waals surface area contributed by atoms with Crippen molar-refractivity contribution < 1.29 is 0 Å². The summed E-state index contributed by atoms with van der Waals surface area (Å²) in [4.78, 5) is 5.00. The lowest BCUT2D eigenvalue weighted by Gasteiger charge is -2.27. The molecule has 1 aliphatic rings. The molecule has 0 radical (unpaired) electrons. The molecule has 20 heavy (non-hydrogen) atoms. The minimum Gasteiger partial charge on any atom is -0.320 e. The summed E-state index contributed by atoms with van der Waals surface area (Å²) in [6.45, 7) is 7.30. The number of nitrogens with two attached hydrogens (primary N) is 1. The zero-order chi connectivity index (χ0) is 14.4. The van der Waals surface area contributed by atoms with E-state index in [2.05, 4.69) is 59.9 Å². The maximum Gasteiger partial charge on any atom is 0.0555 e. The fourth-order valence-corrected chi connectivity index (χ4v) is 2.74. The highest BCUT2D eigenvalue weighted by Gasteiger charge is 2.19. The molecular formula is C17H25N3. The lowest BCUT2D eigenvalue weighted by molar-refractivity contribution is 0.194. The molecule has 0 saturated carbocycles. The predicted octanol–water partition coefficient (Wildman–Crippen LogP) is 1.52. The Morgan fingerprint density at radius 3 is 2.70 bits per heavy atom. The van der Waals surface area contributed by atoms with Crippen LogP contribution in [0.2, 0.25) is 0 Å². The van der Waals surface area contributed by atoms with Gasteiger partial charge in [0.2, 0.25) is 0 Å². The third-order valence-corrected chi connectivity index (χ3v) is 3.86. The molecule has 0 bridgehead atoms. The number of nitrogens with zero attached hydrogens (tertiary/aromatic N) is 2. The normalized spacial score (nSPS) is 21.1. The molecule has 0 aromatic heterocycles. The molecule has 1 aromatic carbocycles. The highest BCUT2D eigenvalue weighted by molar-refractivity contribution is 5.36. The summed E-state index contributed by atoms with van der Waals surface area (Å²) in [5.74, 6) is 5.95. The van der Waals surface area contributed by atoms with Gasteiger partial charge in [0.15, 0.2) is 0 Å². The number of rotatable bonds is 2. The highest BCUT2D eigenvalue weighted by atomic mass is 15.2. The van der Waals surface area contributed by atoms with E-state index in [1.165, 1.54) is 25.1 Å². The number of likely N-dealkylation sites (N-methyl/N-ethyl adjacent to an activating group) is 1. The molecule has 2 rings (SSSR count). The molecular weight excluding hydrogens is 246 g/mol. The lowest BCUT2D eigenvalue weighted by atomic mass is 10.1. The van der Waals surface area contributed by atoms with Crippen molar-refractivity contribution >= 4 is 0 Å². The molecule has 0 amide bonds. The molecule has 1 heterocycles. The van der Waals surface area contributed by atoms with Crippen molar-refractivity contribution in [3.63, 3.8) is 0 Å². The average molecular weight is 271 g/mol. The summed E-state index contributed by atoms with van der Waals surface area (Å²) in [5.41, 5.74) is 7.79. The molecule has 1 aromatic rings. The summed E-state index contributed by atoms with van der Waals surface area (Å²) in [6.07, 6.45) is 1.25. The SMILES string of the molecule is CC1CN(C)CCCN1Cc1ccc(C#CCN)cc1. The second-order valence-electron chi connectivity index (χ2n) is 5.64. The highest BCUT2D eigenvalue weighted by Crippen LogP contribution is 2.13. The Bertz CT molecular complexity index is 469. The molecule has 0 aliphatic carbocycles. The van der Waals surface area contributed by atoms with Crippen LogP contribution in [0.3, 0.4) is 0 Å². The van der Waals surface area contributed by atoms with Crippen LogP contribution < -0.4 is 5.73 Å². The van der Waals surface area contributed by atoms with Gasteiger partial charge < -0.3 is 10.6 Å². The van der Waals surface area contributed by atoms with Gasteiger partial charge in [-0.25, -0.2) is 0 Å². The second kappa shape index (κ2) is 7.44. The van der Waals surface area contributed by atoms with E-state index >= 15 is 0 Å². The van der Waals surface area contributed by atoms with Crippen molar-refractivity contribution in [1.29, 1.82) is 0 Å². The van der Waals surface area contributed by atoms with E-state index in [1.807, 2.05) is 0 Å². The first-order chi connectivity index (χ1) is 9.69. The summed E-state index contributed by atoms with van der Waals surface area (Å²) in [7, 11) is 2.21. The van der Waals surface area contributed by atoms with Gasteiger partial charge in [-0.05, 0) is 44.6 Å². The first-order valence-electron chi connectivity index (χ1n) is 7.39. The molecule has 1 saturated heterocycles. The van der Waals surface area contributed by atoms with Crippen molar-refractivity contribution in [1.82, 2.24) is 9.80 Å². The van der Waals surface area contributed by atoms with Gasteiger partial charge in [-0.15, -0.1) is 0 Å². The van der Waals surface area contributed by atoms with Crippen LogP contribution in [-0.2, 0) is 6.54 Å². The molecule has 108 valence electrons. The van der Waals surface area contributed by atoms with Gasteiger partial charge in [-0.2, -0.15) is 0 Å². The maximum absolute atomic E-state index is 5.39. The van der Waals surface area contributed by atoms with Crippen LogP contribution in [0.4, 0.5) is 0 Å². The van der Waals surface area contributed by atoms with E-state index < -0.39 is 0 Å². The zero-order valence-electron chi connectivity index (χ0n) is 12.6. The van der Waals surface area contributed by atoms with Gasteiger partial charge in [-0.1, -0.05) is 24.0 Å². The van der Waals surface area contributed by atoms with Crippen LogP contribution in [0.25, 0.3) is 0 Å². The largest absolute Gasteiger partial charge is 0.320 e. The van der Waals surface area contributed by atoms with Crippen LogP contribution in [0, 0.1) is 11.8 Å². The topological polar surface area (TPSA) is 32.5 Å². The molecule has 1 atom stereocenters. The first kappa shape index (κ1) is 15.1.